The maximum absolute atomic E-state index is 12.2. The normalized spacial score (nSPS) is 15.2. The van der Waals surface area contributed by atoms with Crippen LogP contribution in [0.5, 0.6) is 0 Å². The van der Waals surface area contributed by atoms with E-state index in [1.807, 2.05) is 44.2 Å². The van der Waals surface area contributed by atoms with Gasteiger partial charge in [0.05, 0.1) is 5.50 Å². The Balaban J connectivity index is 4.71. The summed E-state index contributed by atoms with van der Waals surface area (Å²) in [4.78, 5) is 23.5. The molecule has 4 nitrogen and oxygen atoms in total. The second-order valence-electron chi connectivity index (χ2n) is 6.14. The molecule has 0 amide bonds. The molecule has 1 unspecified atom stereocenters. The predicted octanol–water partition coefficient (Wildman–Crippen LogP) is 2.80. The summed E-state index contributed by atoms with van der Waals surface area (Å²) in [6.45, 7) is 11.8. The second-order valence-corrected chi connectivity index (χ2v) is 6.14. The van der Waals surface area contributed by atoms with E-state index in [1.54, 1.807) is 27.1 Å². The zero-order chi connectivity index (χ0) is 20.2. The standard InChI is InChI=1S/C19H25B3O4/c1-7-10-11-12-15(8-2)21-14-13-16(23)19(6,20)26-22-18(4,5)25-17(24)9-3/h7-14H,3H2,1-2,4-6H3/b10-7-,12-11-,14-13+,15-8+. The Morgan fingerprint density at radius 3 is 2.31 bits per heavy atom. The molecule has 0 aliphatic carbocycles. The molecule has 26 heavy (non-hydrogen) atoms. The van der Waals surface area contributed by atoms with E-state index < -0.39 is 22.8 Å². The van der Waals surface area contributed by atoms with Gasteiger partial charge in [-0.3, -0.25) is 4.79 Å². The first-order valence-corrected chi connectivity index (χ1v) is 8.26. The molecule has 0 aromatic heterocycles. The molecule has 0 fully saturated rings. The molecule has 0 saturated carbocycles. The average Bonchev–Trinajstić information content (AvgIpc) is 2.58. The van der Waals surface area contributed by atoms with Crippen molar-refractivity contribution in [2.24, 2.45) is 0 Å². The summed E-state index contributed by atoms with van der Waals surface area (Å²) in [5.41, 5.74) is -1.70. The van der Waals surface area contributed by atoms with Gasteiger partial charge in [-0.15, -0.1) is 5.98 Å². The first-order chi connectivity index (χ1) is 12.1. The summed E-state index contributed by atoms with van der Waals surface area (Å²) in [6.07, 6.45) is 11.9. The summed E-state index contributed by atoms with van der Waals surface area (Å²) in [5, 5.41) is 0. The summed E-state index contributed by atoms with van der Waals surface area (Å²) < 4.78 is 10.4. The van der Waals surface area contributed by atoms with E-state index in [1.165, 1.54) is 20.5 Å². The van der Waals surface area contributed by atoms with Crippen LogP contribution in [0.15, 0.2) is 60.6 Å². The Morgan fingerprint density at radius 2 is 1.77 bits per heavy atom. The van der Waals surface area contributed by atoms with Gasteiger partial charge in [0.1, 0.15) is 13.3 Å². The third-order valence-electron chi connectivity index (χ3n) is 3.07. The van der Waals surface area contributed by atoms with Gasteiger partial charge in [0.15, 0.2) is 13.1 Å². The van der Waals surface area contributed by atoms with Crippen LogP contribution in [-0.2, 0) is 19.0 Å². The number of hydrogen-bond acceptors (Lipinski definition) is 4. The Labute approximate surface area is 160 Å². The van der Waals surface area contributed by atoms with Crippen molar-refractivity contribution in [1.29, 1.82) is 0 Å². The van der Waals surface area contributed by atoms with Crippen LogP contribution in [0.25, 0.3) is 0 Å². The van der Waals surface area contributed by atoms with Crippen LogP contribution in [0.4, 0.5) is 0 Å². The van der Waals surface area contributed by atoms with Crippen molar-refractivity contribution >= 4 is 34.4 Å². The van der Waals surface area contributed by atoms with Gasteiger partial charge >= 0.3 is 13.5 Å². The highest BCUT2D eigenvalue weighted by Crippen LogP contribution is 2.14. The minimum absolute atomic E-state index is 0.427. The molecule has 0 aromatic carbocycles. The van der Waals surface area contributed by atoms with Crippen LogP contribution in [0, 0.1) is 0 Å². The fourth-order valence-electron chi connectivity index (χ4n) is 1.59. The SMILES string of the molecule is [B]C(C)(O[B]C(C)(C)OC(=O)C=C)C(=O)/C=C/[B]C(/C=C\C=C/C)=C/C. The van der Waals surface area contributed by atoms with Gasteiger partial charge in [0.2, 0.25) is 0 Å². The quantitative estimate of drug-likeness (QED) is 0.249. The lowest BCUT2D eigenvalue weighted by atomic mass is 9.67. The van der Waals surface area contributed by atoms with Gasteiger partial charge in [-0.1, -0.05) is 42.4 Å². The van der Waals surface area contributed by atoms with Gasteiger partial charge in [-0.2, -0.15) is 0 Å². The number of hydrogen-bond donors (Lipinski definition) is 0. The van der Waals surface area contributed by atoms with E-state index in [9.17, 15) is 9.59 Å². The Kier molecular flexibility index (Phi) is 10.7. The predicted molar refractivity (Wildman–Crippen MR) is 109 cm³/mol. The smallest absolute Gasteiger partial charge is 0.343 e. The van der Waals surface area contributed by atoms with E-state index in [4.69, 9.17) is 17.2 Å². The summed E-state index contributed by atoms with van der Waals surface area (Å²) in [5.74, 6) is 0.581. The molecule has 0 aliphatic heterocycles. The molecule has 0 aliphatic rings. The lowest BCUT2D eigenvalue weighted by Crippen LogP contribution is -2.46. The van der Waals surface area contributed by atoms with Crippen LogP contribution in [0.1, 0.15) is 34.6 Å². The number of carbonyl (C=O) groups excluding carboxylic acids is 2. The molecule has 0 spiro atoms. The molecule has 0 aromatic rings. The van der Waals surface area contributed by atoms with Crippen molar-refractivity contribution in [1.82, 2.24) is 0 Å². The minimum atomic E-state index is -1.58. The number of allylic oxidation sites excluding steroid dienone is 6. The first-order valence-electron chi connectivity index (χ1n) is 8.26. The summed E-state index contributed by atoms with van der Waals surface area (Å²) in [7, 11) is 8.92. The van der Waals surface area contributed by atoms with Crippen molar-refractivity contribution in [3.05, 3.63) is 60.6 Å². The van der Waals surface area contributed by atoms with Crippen LogP contribution < -0.4 is 0 Å². The molecule has 134 valence electrons. The maximum Gasteiger partial charge on any atom is 0.343 e. The summed E-state index contributed by atoms with van der Waals surface area (Å²) in [6, 6.07) is 0. The van der Waals surface area contributed by atoms with Crippen molar-refractivity contribution in [2.45, 2.75) is 45.6 Å². The van der Waals surface area contributed by atoms with Crippen molar-refractivity contribution in [2.75, 3.05) is 0 Å². The molecule has 0 rings (SSSR count). The van der Waals surface area contributed by atoms with Gasteiger partial charge in [-0.05, 0) is 40.7 Å². The van der Waals surface area contributed by atoms with E-state index in [-0.39, 0.29) is 0 Å². The monoisotopic (exact) mass is 350 g/mol. The summed E-state index contributed by atoms with van der Waals surface area (Å²) >= 11 is 0. The molecule has 0 heterocycles. The van der Waals surface area contributed by atoms with E-state index >= 15 is 0 Å². The lowest BCUT2D eigenvalue weighted by Gasteiger charge is -2.29. The van der Waals surface area contributed by atoms with Crippen molar-refractivity contribution < 1.29 is 19.0 Å². The van der Waals surface area contributed by atoms with E-state index in [0.717, 1.165) is 11.5 Å². The van der Waals surface area contributed by atoms with Crippen molar-refractivity contribution in [3.63, 3.8) is 0 Å². The number of ether oxygens (including phenoxy) is 1. The van der Waals surface area contributed by atoms with Crippen LogP contribution in [-0.4, -0.2) is 45.4 Å². The molecule has 0 N–H and O–H groups in total. The third kappa shape index (κ3) is 10.1. The Hall–Kier alpha value is -2.01. The van der Waals surface area contributed by atoms with Gasteiger partial charge in [0.25, 0.3) is 0 Å². The van der Waals surface area contributed by atoms with E-state index in [2.05, 4.69) is 6.58 Å². The highest BCUT2D eigenvalue weighted by atomic mass is 16.6. The van der Waals surface area contributed by atoms with E-state index in [0.29, 0.717) is 0 Å². The zero-order valence-corrected chi connectivity index (χ0v) is 16.2. The molecular formula is C19H25B3O4. The molecule has 0 bridgehead atoms. The zero-order valence-electron chi connectivity index (χ0n) is 16.2. The van der Waals surface area contributed by atoms with Crippen LogP contribution in [0.2, 0.25) is 0 Å². The highest BCUT2D eigenvalue weighted by molar-refractivity contribution is 6.53. The Morgan fingerprint density at radius 1 is 1.12 bits per heavy atom. The fourth-order valence-corrected chi connectivity index (χ4v) is 1.59. The molecule has 4 radical (unpaired) electrons. The fraction of sp³-hybridized carbons (Fsp3) is 0.368. The second kappa shape index (κ2) is 11.6. The third-order valence-corrected chi connectivity index (χ3v) is 3.07. The minimum Gasteiger partial charge on any atom is -0.463 e. The van der Waals surface area contributed by atoms with Crippen LogP contribution in [0.3, 0.4) is 0 Å². The maximum atomic E-state index is 12.2. The highest BCUT2D eigenvalue weighted by Gasteiger charge is 2.32. The number of ketones is 1. The molecule has 0 saturated heterocycles. The van der Waals surface area contributed by atoms with Crippen molar-refractivity contribution in [3.8, 4) is 0 Å². The number of rotatable bonds is 11. The first kappa shape index (κ1) is 24.0. The largest absolute Gasteiger partial charge is 0.463 e. The molecular weight excluding hydrogens is 325 g/mol. The molecule has 7 heteroatoms. The van der Waals surface area contributed by atoms with Gasteiger partial charge < -0.3 is 9.39 Å². The van der Waals surface area contributed by atoms with Gasteiger partial charge in [0, 0.05) is 6.08 Å². The Bertz CT molecular complexity index is 614. The van der Waals surface area contributed by atoms with Crippen LogP contribution >= 0.6 is 0 Å². The topological polar surface area (TPSA) is 52.6 Å². The van der Waals surface area contributed by atoms with Gasteiger partial charge in [-0.25, -0.2) is 4.79 Å². The lowest BCUT2D eigenvalue weighted by molar-refractivity contribution is -0.145. The average molecular weight is 350 g/mol. The number of esters is 1. The molecule has 1 atom stereocenters. The number of carbonyl (C=O) groups is 2.